The number of hydrogen-bond donors (Lipinski definition) is 2. The molecule has 1 atom stereocenters. The van der Waals surface area contributed by atoms with Gasteiger partial charge in [-0.25, -0.2) is 0 Å². The maximum atomic E-state index is 5.78. The van der Waals surface area contributed by atoms with Crippen molar-refractivity contribution in [3.63, 3.8) is 0 Å². The van der Waals surface area contributed by atoms with Crippen LogP contribution >= 0.6 is 0 Å². The molecule has 0 aliphatic heterocycles. The van der Waals surface area contributed by atoms with Gasteiger partial charge in [0.15, 0.2) is 0 Å². The predicted molar refractivity (Wildman–Crippen MR) is 73.3 cm³/mol. The minimum atomic E-state index is 0.231. The van der Waals surface area contributed by atoms with Crippen molar-refractivity contribution >= 4 is 0 Å². The van der Waals surface area contributed by atoms with Crippen molar-refractivity contribution < 1.29 is 0 Å². The van der Waals surface area contributed by atoms with Crippen molar-refractivity contribution in [1.29, 1.82) is 0 Å². The number of terminal acetylenes is 1. The molecule has 0 aromatic rings. The summed E-state index contributed by atoms with van der Waals surface area (Å²) in [5.41, 5.74) is 3.26. The van der Waals surface area contributed by atoms with Crippen molar-refractivity contribution in [2.75, 3.05) is 13.1 Å². The van der Waals surface area contributed by atoms with E-state index in [1.165, 1.54) is 25.7 Å². The molecule has 0 aromatic carbocycles. The van der Waals surface area contributed by atoms with Crippen LogP contribution < -0.4 is 11.3 Å². The molecule has 0 heterocycles. The fourth-order valence-electron chi connectivity index (χ4n) is 3.46. The summed E-state index contributed by atoms with van der Waals surface area (Å²) in [4.78, 5) is 2.57. The van der Waals surface area contributed by atoms with E-state index in [2.05, 4.69) is 30.1 Å². The largest absolute Gasteiger partial charge is 0.297 e. The van der Waals surface area contributed by atoms with Gasteiger partial charge in [0.05, 0.1) is 0 Å². The molecule has 0 bridgehead atoms. The number of nitrogens with one attached hydrogen (secondary N) is 1. The molecule has 3 N–H and O–H groups in total. The van der Waals surface area contributed by atoms with Crippen LogP contribution in [0.5, 0.6) is 0 Å². The van der Waals surface area contributed by atoms with Crippen molar-refractivity contribution in [2.24, 2.45) is 5.84 Å². The zero-order valence-electron chi connectivity index (χ0n) is 11.3. The molecule has 1 rings (SSSR count). The first-order valence-electron chi connectivity index (χ1n) is 6.89. The molecule has 3 heteroatoms. The van der Waals surface area contributed by atoms with Gasteiger partial charge in [0.1, 0.15) is 0 Å². The lowest BCUT2D eigenvalue weighted by Gasteiger charge is -2.46. The van der Waals surface area contributed by atoms with Crippen LogP contribution in [-0.4, -0.2) is 29.6 Å². The molecule has 98 valence electrons. The summed E-state index contributed by atoms with van der Waals surface area (Å²) in [6.45, 7) is 6.64. The fourth-order valence-corrected chi connectivity index (χ4v) is 3.46. The van der Waals surface area contributed by atoms with E-state index >= 15 is 0 Å². The first kappa shape index (κ1) is 14.5. The minimum absolute atomic E-state index is 0.231. The molecule has 0 saturated heterocycles. The van der Waals surface area contributed by atoms with Crippen molar-refractivity contribution in [3.05, 3.63) is 0 Å². The lowest BCUT2D eigenvalue weighted by Crippen LogP contribution is -2.61. The second-order valence-corrected chi connectivity index (χ2v) is 4.95. The van der Waals surface area contributed by atoms with Gasteiger partial charge in [-0.05, 0) is 32.4 Å². The Morgan fingerprint density at radius 2 is 1.94 bits per heavy atom. The standard InChI is InChI=1S/C14H27N3/c1-4-7-10-13(16-15)14(11-8-9-12-14)17(5-2)6-3/h1,13,16H,5-12,15H2,2-3H3. The van der Waals surface area contributed by atoms with E-state index in [4.69, 9.17) is 12.3 Å². The first-order valence-corrected chi connectivity index (χ1v) is 6.89. The van der Waals surface area contributed by atoms with Crippen LogP contribution in [0.1, 0.15) is 52.4 Å². The Kier molecular flexibility index (Phi) is 5.97. The molecular formula is C14H27N3. The first-order chi connectivity index (χ1) is 8.25. The summed E-state index contributed by atoms with van der Waals surface area (Å²) < 4.78 is 0. The molecule has 1 aliphatic carbocycles. The Bertz CT molecular complexity index is 247. The van der Waals surface area contributed by atoms with Crippen LogP contribution in [0.4, 0.5) is 0 Å². The Morgan fingerprint density at radius 1 is 1.35 bits per heavy atom. The van der Waals surface area contributed by atoms with Gasteiger partial charge in [0.2, 0.25) is 0 Å². The van der Waals surface area contributed by atoms with Crippen molar-refractivity contribution in [3.8, 4) is 12.3 Å². The van der Waals surface area contributed by atoms with E-state index in [0.717, 1.165) is 25.9 Å². The highest BCUT2D eigenvalue weighted by molar-refractivity contribution is 5.03. The molecular weight excluding hydrogens is 210 g/mol. The van der Waals surface area contributed by atoms with Gasteiger partial charge < -0.3 is 0 Å². The smallest absolute Gasteiger partial charge is 0.0403 e. The quantitative estimate of drug-likeness (QED) is 0.403. The molecule has 1 aliphatic rings. The Hall–Kier alpha value is -0.560. The van der Waals surface area contributed by atoms with Crippen LogP contribution in [0.3, 0.4) is 0 Å². The molecule has 3 nitrogen and oxygen atoms in total. The highest BCUT2D eigenvalue weighted by Gasteiger charge is 2.44. The normalized spacial score (nSPS) is 20.4. The van der Waals surface area contributed by atoms with E-state index in [-0.39, 0.29) is 5.54 Å². The van der Waals surface area contributed by atoms with Crippen LogP contribution in [0, 0.1) is 12.3 Å². The van der Waals surface area contributed by atoms with Gasteiger partial charge in [-0.1, -0.05) is 26.7 Å². The maximum absolute atomic E-state index is 5.78. The third-order valence-corrected chi connectivity index (χ3v) is 4.29. The average Bonchev–Trinajstić information content (AvgIpc) is 2.82. The second-order valence-electron chi connectivity index (χ2n) is 4.95. The Morgan fingerprint density at radius 3 is 2.35 bits per heavy atom. The number of likely N-dealkylation sites (N-methyl/N-ethyl adjacent to an activating group) is 1. The van der Waals surface area contributed by atoms with E-state index in [0.29, 0.717) is 6.04 Å². The molecule has 17 heavy (non-hydrogen) atoms. The molecule has 0 spiro atoms. The van der Waals surface area contributed by atoms with Gasteiger partial charge >= 0.3 is 0 Å². The second kappa shape index (κ2) is 7.00. The summed E-state index contributed by atoms with van der Waals surface area (Å²) in [6, 6.07) is 0.320. The van der Waals surface area contributed by atoms with Gasteiger partial charge in [-0.3, -0.25) is 16.2 Å². The number of nitrogens with zero attached hydrogens (tertiary/aromatic N) is 1. The SMILES string of the molecule is C#CCCC(NN)C1(N(CC)CC)CCCC1. The molecule has 1 saturated carbocycles. The summed E-state index contributed by atoms with van der Waals surface area (Å²) in [5, 5.41) is 0. The summed E-state index contributed by atoms with van der Waals surface area (Å²) in [5.74, 6) is 8.51. The van der Waals surface area contributed by atoms with Crippen LogP contribution in [-0.2, 0) is 0 Å². The van der Waals surface area contributed by atoms with E-state index in [9.17, 15) is 0 Å². The molecule has 1 unspecified atom stereocenters. The predicted octanol–water partition coefficient (Wildman–Crippen LogP) is 1.89. The summed E-state index contributed by atoms with van der Waals surface area (Å²) in [7, 11) is 0. The van der Waals surface area contributed by atoms with E-state index in [1.54, 1.807) is 0 Å². The maximum Gasteiger partial charge on any atom is 0.0403 e. The van der Waals surface area contributed by atoms with Gasteiger partial charge in [0, 0.05) is 18.0 Å². The summed E-state index contributed by atoms with van der Waals surface area (Å²) >= 11 is 0. The van der Waals surface area contributed by atoms with Crippen molar-refractivity contribution in [1.82, 2.24) is 10.3 Å². The molecule has 0 aromatic heterocycles. The van der Waals surface area contributed by atoms with Crippen molar-refractivity contribution in [2.45, 2.75) is 64.0 Å². The third-order valence-electron chi connectivity index (χ3n) is 4.29. The summed E-state index contributed by atoms with van der Waals surface area (Å²) in [6.07, 6.45) is 12.3. The van der Waals surface area contributed by atoms with Gasteiger partial charge in [0.25, 0.3) is 0 Å². The monoisotopic (exact) mass is 237 g/mol. The van der Waals surface area contributed by atoms with Crippen LogP contribution in [0.2, 0.25) is 0 Å². The fraction of sp³-hybridized carbons (Fsp3) is 0.857. The minimum Gasteiger partial charge on any atom is -0.297 e. The Labute approximate surface area is 106 Å². The number of nitrogens with two attached hydrogens (primary N) is 1. The van der Waals surface area contributed by atoms with Crippen LogP contribution in [0.15, 0.2) is 0 Å². The van der Waals surface area contributed by atoms with Crippen LogP contribution in [0.25, 0.3) is 0 Å². The zero-order chi connectivity index (χ0) is 12.7. The highest BCUT2D eigenvalue weighted by Crippen LogP contribution is 2.39. The molecule has 0 radical (unpaired) electrons. The van der Waals surface area contributed by atoms with Gasteiger partial charge in [-0.2, -0.15) is 0 Å². The number of rotatable bonds is 7. The third kappa shape index (κ3) is 3.01. The average molecular weight is 237 g/mol. The lowest BCUT2D eigenvalue weighted by atomic mass is 9.83. The van der Waals surface area contributed by atoms with E-state index in [1.807, 2.05) is 0 Å². The lowest BCUT2D eigenvalue weighted by molar-refractivity contribution is 0.0602. The number of hydrazine groups is 1. The van der Waals surface area contributed by atoms with E-state index < -0.39 is 0 Å². The Balaban J connectivity index is 2.84. The molecule has 1 fully saturated rings. The topological polar surface area (TPSA) is 41.3 Å². The van der Waals surface area contributed by atoms with Gasteiger partial charge in [-0.15, -0.1) is 12.3 Å². The highest BCUT2D eigenvalue weighted by atomic mass is 15.3. The molecule has 0 amide bonds. The number of hydrogen-bond acceptors (Lipinski definition) is 3. The zero-order valence-corrected chi connectivity index (χ0v) is 11.3.